The average Bonchev–Trinajstić information content (AvgIpc) is 2.23. The van der Waals surface area contributed by atoms with Gasteiger partial charge < -0.3 is 4.90 Å². The standard InChI is InChI=1S/C11H13BrFNO/c1-3-14(4-2)11(15)8-5-6-9(12)10(13)7-8/h5-7H,3-4H2,1-2H3. The number of hydrogen-bond donors (Lipinski definition) is 0. The Bertz CT molecular complexity index is 364. The number of carbonyl (C=O) groups excluding carboxylic acids is 1. The molecule has 0 radical (unpaired) electrons. The Morgan fingerprint density at radius 2 is 2.00 bits per heavy atom. The second-order valence-corrected chi connectivity index (χ2v) is 3.96. The molecule has 15 heavy (non-hydrogen) atoms. The molecule has 1 aromatic carbocycles. The summed E-state index contributed by atoms with van der Waals surface area (Å²) in [6.45, 7) is 5.06. The quantitative estimate of drug-likeness (QED) is 0.829. The van der Waals surface area contributed by atoms with Crippen LogP contribution in [0.3, 0.4) is 0 Å². The summed E-state index contributed by atoms with van der Waals surface area (Å²) in [5.41, 5.74) is 0.388. The fourth-order valence-electron chi connectivity index (χ4n) is 1.32. The minimum absolute atomic E-state index is 0.133. The predicted molar refractivity (Wildman–Crippen MR) is 61.4 cm³/mol. The normalized spacial score (nSPS) is 10.1. The van der Waals surface area contributed by atoms with Gasteiger partial charge >= 0.3 is 0 Å². The fraction of sp³-hybridized carbons (Fsp3) is 0.364. The highest BCUT2D eigenvalue weighted by molar-refractivity contribution is 9.10. The minimum Gasteiger partial charge on any atom is -0.339 e. The number of rotatable bonds is 3. The third-order valence-electron chi connectivity index (χ3n) is 2.22. The second kappa shape index (κ2) is 5.26. The fourth-order valence-corrected chi connectivity index (χ4v) is 1.57. The highest BCUT2D eigenvalue weighted by atomic mass is 79.9. The third-order valence-corrected chi connectivity index (χ3v) is 2.86. The summed E-state index contributed by atoms with van der Waals surface area (Å²) in [6, 6.07) is 4.42. The molecule has 0 heterocycles. The second-order valence-electron chi connectivity index (χ2n) is 3.11. The van der Waals surface area contributed by atoms with Crippen molar-refractivity contribution < 1.29 is 9.18 Å². The van der Waals surface area contributed by atoms with E-state index in [2.05, 4.69) is 15.9 Å². The molecule has 4 heteroatoms. The Morgan fingerprint density at radius 1 is 1.40 bits per heavy atom. The Balaban J connectivity index is 2.96. The van der Waals surface area contributed by atoms with Crippen molar-refractivity contribution >= 4 is 21.8 Å². The topological polar surface area (TPSA) is 20.3 Å². The molecule has 0 saturated carbocycles. The van der Waals surface area contributed by atoms with E-state index in [1.165, 1.54) is 6.07 Å². The first-order valence-electron chi connectivity index (χ1n) is 4.84. The zero-order chi connectivity index (χ0) is 11.4. The molecule has 1 rings (SSSR count). The number of amides is 1. The number of nitrogens with zero attached hydrogens (tertiary/aromatic N) is 1. The van der Waals surface area contributed by atoms with E-state index in [4.69, 9.17) is 0 Å². The van der Waals surface area contributed by atoms with Gasteiger partial charge in [-0.05, 0) is 48.0 Å². The molecule has 1 aromatic rings. The van der Waals surface area contributed by atoms with Crippen LogP contribution in [0.5, 0.6) is 0 Å². The summed E-state index contributed by atoms with van der Waals surface area (Å²) < 4.78 is 13.6. The summed E-state index contributed by atoms with van der Waals surface area (Å²) in [6.07, 6.45) is 0. The maximum Gasteiger partial charge on any atom is 0.253 e. The van der Waals surface area contributed by atoms with Gasteiger partial charge in [0, 0.05) is 18.7 Å². The van der Waals surface area contributed by atoms with Crippen LogP contribution >= 0.6 is 15.9 Å². The molecule has 0 spiro atoms. The van der Waals surface area contributed by atoms with Crippen molar-refractivity contribution in [3.63, 3.8) is 0 Å². The predicted octanol–water partition coefficient (Wildman–Crippen LogP) is 3.07. The molecule has 0 aliphatic carbocycles. The van der Waals surface area contributed by atoms with Gasteiger partial charge in [-0.3, -0.25) is 4.79 Å². The van der Waals surface area contributed by atoms with Gasteiger partial charge in [-0.1, -0.05) is 0 Å². The van der Waals surface area contributed by atoms with Crippen LogP contribution in [0.25, 0.3) is 0 Å². The van der Waals surface area contributed by atoms with Crippen molar-refractivity contribution in [3.8, 4) is 0 Å². The van der Waals surface area contributed by atoms with Gasteiger partial charge in [0.2, 0.25) is 0 Å². The summed E-state index contributed by atoms with van der Waals surface area (Å²) in [4.78, 5) is 13.5. The SMILES string of the molecule is CCN(CC)C(=O)c1ccc(Br)c(F)c1. The van der Waals surface area contributed by atoms with Crippen molar-refractivity contribution in [2.75, 3.05) is 13.1 Å². The minimum atomic E-state index is -0.409. The van der Waals surface area contributed by atoms with Crippen molar-refractivity contribution in [2.45, 2.75) is 13.8 Å². The van der Waals surface area contributed by atoms with Crippen molar-refractivity contribution in [1.82, 2.24) is 4.90 Å². The largest absolute Gasteiger partial charge is 0.339 e. The molecule has 0 aliphatic rings. The van der Waals surface area contributed by atoms with Gasteiger partial charge in [0.05, 0.1) is 4.47 Å². The van der Waals surface area contributed by atoms with E-state index in [0.29, 0.717) is 23.1 Å². The molecule has 0 atom stereocenters. The molecule has 0 N–H and O–H groups in total. The summed E-state index contributed by atoms with van der Waals surface area (Å²) >= 11 is 3.05. The van der Waals surface area contributed by atoms with Gasteiger partial charge in [-0.2, -0.15) is 0 Å². The lowest BCUT2D eigenvalue weighted by atomic mass is 10.2. The Kier molecular flexibility index (Phi) is 4.27. The summed E-state index contributed by atoms with van der Waals surface area (Å²) in [5.74, 6) is -0.542. The van der Waals surface area contributed by atoms with E-state index in [1.54, 1.807) is 17.0 Å². The number of halogens is 2. The maximum atomic E-state index is 13.2. The molecular formula is C11H13BrFNO. The third kappa shape index (κ3) is 2.78. The van der Waals surface area contributed by atoms with E-state index in [-0.39, 0.29) is 5.91 Å². The molecule has 0 fully saturated rings. The van der Waals surface area contributed by atoms with Gasteiger partial charge in [0.1, 0.15) is 5.82 Å². The van der Waals surface area contributed by atoms with Gasteiger partial charge in [-0.25, -0.2) is 4.39 Å². The summed E-state index contributed by atoms with van der Waals surface area (Å²) in [5, 5.41) is 0. The van der Waals surface area contributed by atoms with Crippen molar-refractivity contribution in [1.29, 1.82) is 0 Å². The van der Waals surface area contributed by atoms with Gasteiger partial charge in [0.15, 0.2) is 0 Å². The monoisotopic (exact) mass is 273 g/mol. The molecule has 2 nitrogen and oxygen atoms in total. The van der Waals surface area contributed by atoms with E-state index in [0.717, 1.165) is 0 Å². The number of benzene rings is 1. The Morgan fingerprint density at radius 3 is 2.47 bits per heavy atom. The van der Waals surface area contributed by atoms with Crippen LogP contribution in [0, 0.1) is 5.82 Å². The van der Waals surface area contributed by atoms with E-state index < -0.39 is 5.82 Å². The van der Waals surface area contributed by atoms with Crippen molar-refractivity contribution in [3.05, 3.63) is 34.1 Å². The molecule has 1 amide bonds. The lowest BCUT2D eigenvalue weighted by molar-refractivity contribution is 0.0772. The van der Waals surface area contributed by atoms with Gasteiger partial charge in [0.25, 0.3) is 5.91 Å². The molecule has 0 unspecified atom stereocenters. The lowest BCUT2D eigenvalue weighted by Crippen LogP contribution is -2.30. The average molecular weight is 274 g/mol. The lowest BCUT2D eigenvalue weighted by Gasteiger charge is -2.18. The molecule has 0 aliphatic heterocycles. The number of carbonyl (C=O) groups is 1. The molecule has 0 saturated heterocycles. The van der Waals surface area contributed by atoms with Crippen LogP contribution in [-0.2, 0) is 0 Å². The first kappa shape index (κ1) is 12.2. The molecule has 0 bridgehead atoms. The van der Waals surface area contributed by atoms with Crippen molar-refractivity contribution in [2.24, 2.45) is 0 Å². The highest BCUT2D eigenvalue weighted by Crippen LogP contribution is 2.17. The molecule has 0 aromatic heterocycles. The van der Waals surface area contributed by atoms with E-state index >= 15 is 0 Å². The first-order chi connectivity index (χ1) is 7.10. The first-order valence-corrected chi connectivity index (χ1v) is 5.63. The molecule has 82 valence electrons. The zero-order valence-electron chi connectivity index (χ0n) is 8.76. The van der Waals surface area contributed by atoms with E-state index in [9.17, 15) is 9.18 Å². The highest BCUT2D eigenvalue weighted by Gasteiger charge is 2.13. The van der Waals surface area contributed by atoms with Gasteiger partial charge in [-0.15, -0.1) is 0 Å². The van der Waals surface area contributed by atoms with Crippen LogP contribution in [0.1, 0.15) is 24.2 Å². The Hall–Kier alpha value is -0.900. The van der Waals surface area contributed by atoms with Crippen LogP contribution in [-0.4, -0.2) is 23.9 Å². The van der Waals surface area contributed by atoms with Crippen LogP contribution in [0.15, 0.2) is 22.7 Å². The smallest absolute Gasteiger partial charge is 0.253 e. The Labute approximate surface area is 97.2 Å². The maximum absolute atomic E-state index is 13.2. The van der Waals surface area contributed by atoms with Crippen LogP contribution in [0.4, 0.5) is 4.39 Å². The van der Waals surface area contributed by atoms with Crippen LogP contribution in [0.2, 0.25) is 0 Å². The van der Waals surface area contributed by atoms with E-state index in [1.807, 2.05) is 13.8 Å². The molecular weight excluding hydrogens is 261 g/mol. The van der Waals surface area contributed by atoms with Crippen LogP contribution < -0.4 is 0 Å². The zero-order valence-corrected chi connectivity index (χ0v) is 10.3. The summed E-state index contributed by atoms with van der Waals surface area (Å²) in [7, 11) is 0. The number of hydrogen-bond acceptors (Lipinski definition) is 1.